The van der Waals surface area contributed by atoms with Crippen LogP contribution in [0.4, 0.5) is 5.69 Å². The summed E-state index contributed by atoms with van der Waals surface area (Å²) in [7, 11) is 2.10. The molecule has 0 fully saturated rings. The quantitative estimate of drug-likeness (QED) is 0.674. The van der Waals surface area contributed by atoms with Gasteiger partial charge in [0, 0.05) is 19.3 Å². The Kier molecular flexibility index (Phi) is 3.92. The zero-order chi connectivity index (χ0) is 15.5. The van der Waals surface area contributed by atoms with Gasteiger partial charge in [-0.2, -0.15) is 0 Å². The summed E-state index contributed by atoms with van der Waals surface area (Å²) >= 11 is 0. The molecule has 22 heavy (non-hydrogen) atoms. The van der Waals surface area contributed by atoms with Gasteiger partial charge in [-0.3, -0.25) is 0 Å². The maximum Gasteiger partial charge on any atom is 0.113 e. The lowest BCUT2D eigenvalue weighted by Gasteiger charge is -2.21. The van der Waals surface area contributed by atoms with Gasteiger partial charge in [0.15, 0.2) is 0 Å². The minimum absolute atomic E-state index is 0.833. The maximum atomic E-state index is 4.29. The minimum atomic E-state index is 0.833. The molecular weight excluding hydrogens is 272 g/mol. The summed E-state index contributed by atoms with van der Waals surface area (Å²) in [5, 5.41) is 8.52. The van der Waals surface area contributed by atoms with Gasteiger partial charge in [0.1, 0.15) is 5.52 Å². The zero-order valence-corrected chi connectivity index (χ0v) is 13.0. The number of rotatable bonds is 5. The van der Waals surface area contributed by atoms with Crippen LogP contribution in [0.1, 0.15) is 12.5 Å². The molecule has 3 rings (SSSR count). The monoisotopic (exact) mass is 292 g/mol. The lowest BCUT2D eigenvalue weighted by atomic mass is 10.1. The van der Waals surface area contributed by atoms with E-state index in [-0.39, 0.29) is 0 Å². The number of anilines is 1. The van der Waals surface area contributed by atoms with Crippen molar-refractivity contribution in [3.05, 3.63) is 60.7 Å². The Morgan fingerprint density at radius 2 is 2.05 bits per heavy atom. The molecule has 0 spiro atoms. The summed E-state index contributed by atoms with van der Waals surface area (Å²) in [6, 6.07) is 14.4. The Morgan fingerprint density at radius 3 is 2.82 bits per heavy atom. The normalized spacial score (nSPS) is 10.8. The second kappa shape index (κ2) is 6.02. The molecule has 1 aromatic heterocycles. The van der Waals surface area contributed by atoms with Crippen molar-refractivity contribution in [2.24, 2.45) is 0 Å². The number of para-hydroxylation sites is 1. The molecule has 0 saturated carbocycles. The van der Waals surface area contributed by atoms with Crippen LogP contribution in [0.25, 0.3) is 16.7 Å². The Hall–Kier alpha value is -2.62. The van der Waals surface area contributed by atoms with Crippen molar-refractivity contribution in [1.82, 2.24) is 15.0 Å². The molecule has 0 aliphatic rings. The molecule has 0 saturated heterocycles. The first-order valence-electron chi connectivity index (χ1n) is 7.50. The average molecular weight is 292 g/mol. The van der Waals surface area contributed by atoms with Crippen LogP contribution in [-0.4, -0.2) is 28.6 Å². The number of nitrogens with zero attached hydrogens (tertiary/aromatic N) is 4. The molecule has 2 aromatic carbocycles. The molecular formula is C18H20N4. The highest BCUT2D eigenvalue weighted by Crippen LogP contribution is 2.25. The van der Waals surface area contributed by atoms with Gasteiger partial charge >= 0.3 is 0 Å². The Labute approximate surface area is 130 Å². The van der Waals surface area contributed by atoms with Crippen molar-refractivity contribution in [2.45, 2.75) is 13.3 Å². The van der Waals surface area contributed by atoms with E-state index in [2.05, 4.69) is 54.0 Å². The van der Waals surface area contributed by atoms with Gasteiger partial charge in [0.05, 0.1) is 11.2 Å². The smallest absolute Gasteiger partial charge is 0.113 e. The van der Waals surface area contributed by atoms with Gasteiger partial charge in [-0.25, -0.2) is 4.68 Å². The second-order valence-corrected chi connectivity index (χ2v) is 5.31. The number of benzene rings is 2. The molecule has 112 valence electrons. The SMILES string of the molecule is C=CCc1cc(-n2nnc3ccccc32)ccc1N(C)CC. The fraction of sp³-hybridized carbons (Fsp3) is 0.222. The lowest BCUT2D eigenvalue weighted by molar-refractivity contribution is 0.822. The molecule has 0 aliphatic carbocycles. The van der Waals surface area contributed by atoms with Crippen LogP contribution in [0.15, 0.2) is 55.1 Å². The van der Waals surface area contributed by atoms with Crippen LogP contribution in [0.3, 0.4) is 0 Å². The van der Waals surface area contributed by atoms with Crippen LogP contribution in [0, 0.1) is 0 Å². The summed E-state index contributed by atoms with van der Waals surface area (Å²) in [6.45, 7) is 6.99. The van der Waals surface area contributed by atoms with Gasteiger partial charge in [0.2, 0.25) is 0 Å². The van der Waals surface area contributed by atoms with E-state index in [0.29, 0.717) is 0 Å². The highest BCUT2D eigenvalue weighted by atomic mass is 15.4. The maximum absolute atomic E-state index is 4.29. The third-order valence-corrected chi connectivity index (χ3v) is 3.91. The van der Waals surface area contributed by atoms with E-state index in [4.69, 9.17) is 0 Å². The predicted octanol–water partition coefficient (Wildman–Crippen LogP) is 3.61. The third-order valence-electron chi connectivity index (χ3n) is 3.91. The van der Waals surface area contributed by atoms with Crippen molar-refractivity contribution in [2.75, 3.05) is 18.5 Å². The van der Waals surface area contributed by atoms with E-state index in [1.807, 2.05) is 35.0 Å². The molecule has 0 aliphatic heterocycles. The van der Waals surface area contributed by atoms with E-state index in [1.165, 1.54) is 11.3 Å². The van der Waals surface area contributed by atoms with Gasteiger partial charge in [-0.1, -0.05) is 23.4 Å². The number of hydrogen-bond donors (Lipinski definition) is 0. The summed E-state index contributed by atoms with van der Waals surface area (Å²) in [4.78, 5) is 2.24. The number of allylic oxidation sites excluding steroid dienone is 1. The molecule has 4 heteroatoms. The molecule has 0 bridgehead atoms. The third kappa shape index (κ3) is 2.48. The summed E-state index contributed by atoms with van der Waals surface area (Å²) < 4.78 is 1.89. The van der Waals surface area contributed by atoms with Crippen LogP contribution < -0.4 is 4.90 Å². The van der Waals surface area contributed by atoms with E-state index in [1.54, 1.807) is 0 Å². The van der Waals surface area contributed by atoms with E-state index >= 15 is 0 Å². The average Bonchev–Trinajstić information content (AvgIpc) is 2.98. The van der Waals surface area contributed by atoms with E-state index in [0.717, 1.165) is 29.7 Å². The van der Waals surface area contributed by atoms with Crippen molar-refractivity contribution < 1.29 is 0 Å². The first kappa shape index (κ1) is 14.3. The fourth-order valence-electron chi connectivity index (χ4n) is 2.63. The standard InChI is InChI=1S/C18H20N4/c1-4-8-14-13-15(11-12-17(14)21(3)5-2)22-18-10-7-6-9-16(18)19-20-22/h4,6-7,9-13H,1,5,8H2,2-3H3. The molecule has 1 heterocycles. The highest BCUT2D eigenvalue weighted by molar-refractivity contribution is 5.76. The first-order chi connectivity index (χ1) is 10.7. The fourth-order valence-corrected chi connectivity index (χ4v) is 2.63. The largest absolute Gasteiger partial charge is 0.375 e. The van der Waals surface area contributed by atoms with E-state index < -0.39 is 0 Å². The van der Waals surface area contributed by atoms with Gasteiger partial charge < -0.3 is 4.90 Å². The van der Waals surface area contributed by atoms with Gasteiger partial charge in [-0.15, -0.1) is 11.7 Å². The van der Waals surface area contributed by atoms with Crippen molar-refractivity contribution in [3.63, 3.8) is 0 Å². The zero-order valence-electron chi connectivity index (χ0n) is 13.0. The molecule has 4 nitrogen and oxygen atoms in total. The lowest BCUT2D eigenvalue weighted by Crippen LogP contribution is -2.17. The molecule has 0 amide bonds. The predicted molar refractivity (Wildman–Crippen MR) is 91.7 cm³/mol. The van der Waals surface area contributed by atoms with Crippen LogP contribution in [0.5, 0.6) is 0 Å². The Bertz CT molecular complexity index is 804. The minimum Gasteiger partial charge on any atom is -0.375 e. The number of hydrogen-bond acceptors (Lipinski definition) is 3. The van der Waals surface area contributed by atoms with Crippen molar-refractivity contribution >= 4 is 16.7 Å². The van der Waals surface area contributed by atoms with E-state index in [9.17, 15) is 0 Å². The summed E-state index contributed by atoms with van der Waals surface area (Å²) in [5.41, 5.74) is 5.43. The molecule has 0 atom stereocenters. The summed E-state index contributed by atoms with van der Waals surface area (Å²) in [6.07, 6.45) is 2.77. The Morgan fingerprint density at radius 1 is 1.23 bits per heavy atom. The molecule has 0 N–H and O–H groups in total. The molecule has 0 radical (unpaired) electrons. The highest BCUT2D eigenvalue weighted by Gasteiger charge is 2.10. The van der Waals surface area contributed by atoms with Gasteiger partial charge in [0.25, 0.3) is 0 Å². The van der Waals surface area contributed by atoms with Crippen molar-refractivity contribution in [3.8, 4) is 5.69 Å². The van der Waals surface area contributed by atoms with Crippen molar-refractivity contribution in [1.29, 1.82) is 0 Å². The first-order valence-corrected chi connectivity index (χ1v) is 7.50. The summed E-state index contributed by atoms with van der Waals surface area (Å²) in [5.74, 6) is 0. The molecule has 0 unspecified atom stereocenters. The van der Waals surface area contributed by atoms with Crippen LogP contribution in [-0.2, 0) is 6.42 Å². The Balaban J connectivity index is 2.11. The second-order valence-electron chi connectivity index (χ2n) is 5.31. The van der Waals surface area contributed by atoms with Gasteiger partial charge in [-0.05, 0) is 49.2 Å². The molecule has 3 aromatic rings. The number of fused-ring (bicyclic) bond motifs is 1. The van der Waals surface area contributed by atoms with Crippen LogP contribution in [0.2, 0.25) is 0 Å². The topological polar surface area (TPSA) is 34.0 Å². The number of aromatic nitrogens is 3. The van der Waals surface area contributed by atoms with Crippen LogP contribution >= 0.6 is 0 Å².